The molecule has 0 aliphatic heterocycles. The Morgan fingerprint density at radius 2 is 0.247 bits per heavy atom. The SMILES string of the molecule is FC=C(F)C(F)(F)C(F)(F)C(F)(F)C(F)(F)C(F)(F)C(F)(F)C(F)(F)C(F)(F)C(F)(F)C(F)(F)C(F)(F)C(F)(F)C(F)(F)C(F)(F)C(F)(F)C(F)(F)C(F)(F)C(F)(F)C(F)(F)C(F)(F)C(F)(F)C(F)(F)C(F)(F)C(F)(F)F. The molecule has 0 unspecified atom stereocenters. The highest BCUT2D eigenvalue weighted by atomic mass is 19.5. The van der Waals surface area contributed by atoms with Crippen LogP contribution in [0.25, 0.3) is 0 Å². The number of rotatable bonds is 23. The van der Waals surface area contributed by atoms with Crippen LogP contribution in [0.3, 0.4) is 0 Å². The quantitative estimate of drug-likeness (QED) is 0.0895. The fourth-order valence-corrected chi connectivity index (χ4v) is 4.54. The molecule has 0 radical (unpaired) electrons. The van der Waals surface area contributed by atoms with E-state index in [4.69, 9.17) is 0 Å². The Morgan fingerprint density at radius 3 is 0.338 bits per heavy atom. The summed E-state index contributed by atoms with van der Waals surface area (Å²) >= 11 is 0. The van der Waals surface area contributed by atoms with E-state index in [1.807, 2.05) is 0 Å². The molecule has 0 aliphatic rings. The molecule has 0 spiro atoms. The second-order valence-corrected chi connectivity index (χ2v) is 14.2. The first-order valence-corrected chi connectivity index (χ1v) is 16.0. The van der Waals surface area contributed by atoms with E-state index < -0.39 is 155 Å². The minimum atomic E-state index is -11.0. The average Bonchev–Trinajstić information content (AvgIpc) is 3.20. The van der Waals surface area contributed by atoms with E-state index in [1.54, 1.807) is 0 Å². The summed E-state index contributed by atoms with van der Waals surface area (Å²) in [5.74, 6) is -243. The summed E-state index contributed by atoms with van der Waals surface area (Å²) in [5, 5.41) is 0. The van der Waals surface area contributed by atoms with Gasteiger partial charge in [-0.1, -0.05) is 0 Å². The molecule has 0 atom stereocenters. The lowest BCUT2D eigenvalue weighted by Gasteiger charge is -2.48. The molecule has 0 saturated carbocycles. The van der Waals surface area contributed by atoms with Gasteiger partial charge in [0.1, 0.15) is 6.33 Å². The first-order chi connectivity index (χ1) is 32.2. The summed E-state index contributed by atoms with van der Waals surface area (Å²) in [4.78, 5) is 0. The van der Waals surface area contributed by atoms with Crippen LogP contribution in [-0.4, -0.2) is 142 Å². The Kier molecular flexibility index (Phi) is 16.7. The molecule has 0 aliphatic carbocycles. The van der Waals surface area contributed by atoms with Gasteiger partial charge < -0.3 is 0 Å². The molecule has 51 heteroatoms. The Labute approximate surface area is 380 Å². The summed E-state index contributed by atoms with van der Waals surface area (Å²) < 4.78 is 696. The van der Waals surface area contributed by atoms with E-state index in [0.717, 1.165) is 0 Å². The molecule has 0 saturated heterocycles. The van der Waals surface area contributed by atoms with Gasteiger partial charge in [-0.05, 0) is 0 Å². The molecule has 0 aromatic carbocycles. The number of allylic oxidation sites excluding steroid dienone is 1. The van der Waals surface area contributed by atoms with Crippen LogP contribution >= 0.6 is 0 Å². The van der Waals surface area contributed by atoms with E-state index in [1.165, 1.54) is 0 Å². The van der Waals surface area contributed by atoms with Gasteiger partial charge >= 0.3 is 142 Å². The molecular formula is C26HF51. The number of halogens is 51. The molecule has 0 rings (SSSR count). The first kappa shape index (κ1) is 73.2. The number of hydrogen-bond acceptors (Lipinski definition) is 0. The lowest BCUT2D eigenvalue weighted by atomic mass is 9.81. The predicted octanol–water partition coefficient (Wildman–Crippen LogP) is 16.9. The smallest absolute Gasteiger partial charge is 0.212 e. The van der Waals surface area contributed by atoms with Gasteiger partial charge in [-0.2, -0.15) is 215 Å². The molecule has 0 aromatic rings. The molecule has 0 amide bonds. The zero-order chi connectivity index (χ0) is 64.3. The van der Waals surface area contributed by atoms with Crippen LogP contribution in [0.15, 0.2) is 12.2 Å². The van der Waals surface area contributed by atoms with Crippen molar-refractivity contribution >= 4 is 0 Å². The average molecular weight is 1280 g/mol. The van der Waals surface area contributed by atoms with Crippen LogP contribution in [-0.2, 0) is 0 Å². The highest BCUT2D eigenvalue weighted by Crippen LogP contribution is 2.73. The van der Waals surface area contributed by atoms with Gasteiger partial charge in [0.15, 0.2) is 0 Å². The standard InChI is InChI=1S/C26HF51/c27-1-2(28)3(29,30)4(31,32)5(33,34)6(35,36)7(37,38)8(39,40)9(41,42)10(43,44)11(45,46)12(47,48)13(49,50)14(51,52)15(53,54)16(55,56)17(57,58)18(59,60)19(61,62)20(63,64)21(65,66)22(67,68)23(69,70)24(71,72)25(73,74)26(75,76)77/h1H. The largest absolute Gasteiger partial charge is 0.460 e. The third kappa shape index (κ3) is 7.97. The number of alkyl halides is 49. The normalized spacial score (nSPS) is 17.6. The lowest BCUT2D eigenvalue weighted by Crippen LogP contribution is -2.81. The highest BCUT2D eigenvalue weighted by molar-refractivity contribution is 5.25. The van der Waals surface area contributed by atoms with E-state index in [9.17, 15) is 224 Å². The third-order valence-corrected chi connectivity index (χ3v) is 9.43. The molecule has 0 nitrogen and oxygen atoms in total. The predicted molar refractivity (Wildman–Crippen MR) is 130 cm³/mol. The van der Waals surface area contributed by atoms with Gasteiger partial charge in [-0.25, -0.2) is 8.78 Å². The third-order valence-electron chi connectivity index (χ3n) is 9.43. The van der Waals surface area contributed by atoms with E-state index in [-0.39, 0.29) is 0 Å². The van der Waals surface area contributed by atoms with Crippen molar-refractivity contribution < 1.29 is 224 Å². The van der Waals surface area contributed by atoms with E-state index in [2.05, 4.69) is 0 Å². The summed E-state index contributed by atoms with van der Waals surface area (Å²) in [6.45, 7) is 0. The maximum Gasteiger partial charge on any atom is 0.460 e. The molecule has 77 heavy (non-hydrogen) atoms. The van der Waals surface area contributed by atoms with Gasteiger partial charge in [-0.15, -0.1) is 0 Å². The van der Waals surface area contributed by atoms with Crippen LogP contribution in [0, 0.1) is 0 Å². The van der Waals surface area contributed by atoms with Crippen molar-refractivity contribution in [2.45, 2.75) is 142 Å². The first-order valence-electron chi connectivity index (χ1n) is 16.0. The molecule has 0 fully saturated rings. The van der Waals surface area contributed by atoms with E-state index >= 15 is 0 Å². The van der Waals surface area contributed by atoms with Crippen LogP contribution in [0.1, 0.15) is 0 Å². The highest BCUT2D eigenvalue weighted by Gasteiger charge is 3.04. The van der Waals surface area contributed by atoms with Crippen LogP contribution in [0.2, 0.25) is 0 Å². The zero-order valence-electron chi connectivity index (χ0n) is 32.4. The van der Waals surface area contributed by atoms with Gasteiger partial charge in [0, 0.05) is 0 Å². The van der Waals surface area contributed by atoms with Gasteiger partial charge in [0.05, 0.1) is 0 Å². The molecule has 0 aromatic heterocycles. The Morgan fingerprint density at radius 1 is 0.156 bits per heavy atom. The molecule has 462 valence electrons. The minimum Gasteiger partial charge on any atom is -0.212 e. The van der Waals surface area contributed by atoms with Crippen molar-refractivity contribution in [1.29, 1.82) is 0 Å². The lowest BCUT2D eigenvalue weighted by molar-refractivity contribution is -0.498. The van der Waals surface area contributed by atoms with Gasteiger partial charge in [0.2, 0.25) is 5.83 Å². The van der Waals surface area contributed by atoms with Crippen LogP contribution in [0.4, 0.5) is 224 Å². The second-order valence-electron chi connectivity index (χ2n) is 14.2. The molecule has 0 bridgehead atoms. The molecular weight excluding hydrogens is 1280 g/mol. The van der Waals surface area contributed by atoms with Gasteiger partial charge in [0.25, 0.3) is 0 Å². The van der Waals surface area contributed by atoms with Crippen molar-refractivity contribution in [2.75, 3.05) is 0 Å². The van der Waals surface area contributed by atoms with Crippen molar-refractivity contribution in [3.63, 3.8) is 0 Å². The second kappa shape index (κ2) is 17.6. The Balaban J connectivity index is 8.22. The van der Waals surface area contributed by atoms with E-state index in [0.29, 0.717) is 0 Å². The fraction of sp³-hybridized carbons (Fsp3) is 0.923. The topological polar surface area (TPSA) is 0 Å². The van der Waals surface area contributed by atoms with Gasteiger partial charge in [-0.3, -0.25) is 0 Å². The van der Waals surface area contributed by atoms with Crippen LogP contribution in [0.5, 0.6) is 0 Å². The summed E-state index contributed by atoms with van der Waals surface area (Å²) in [7, 11) is 0. The zero-order valence-corrected chi connectivity index (χ0v) is 32.4. The van der Waals surface area contributed by atoms with Crippen molar-refractivity contribution in [1.82, 2.24) is 0 Å². The minimum absolute atomic E-state index is 2.79. The van der Waals surface area contributed by atoms with Crippen molar-refractivity contribution in [3.8, 4) is 0 Å². The molecule has 0 heterocycles. The monoisotopic (exact) mass is 1280 g/mol. The van der Waals surface area contributed by atoms with Crippen LogP contribution < -0.4 is 0 Å². The van der Waals surface area contributed by atoms with Crippen molar-refractivity contribution in [2.24, 2.45) is 0 Å². The fourth-order valence-electron chi connectivity index (χ4n) is 4.54. The summed E-state index contributed by atoms with van der Waals surface area (Å²) in [5.41, 5.74) is 0. The summed E-state index contributed by atoms with van der Waals surface area (Å²) in [6, 6.07) is 0. The molecule has 0 N–H and O–H groups in total. The Hall–Kier alpha value is -3.83. The van der Waals surface area contributed by atoms with Crippen molar-refractivity contribution in [3.05, 3.63) is 12.2 Å². The maximum absolute atomic E-state index is 14.1. The maximum atomic E-state index is 14.1. The number of hydrogen-bond donors (Lipinski definition) is 0. The Bertz CT molecular complexity index is 2170. The summed E-state index contributed by atoms with van der Waals surface area (Å²) in [6.07, 6.45) is -11.4.